The van der Waals surface area contributed by atoms with Crippen LogP contribution in [-0.2, 0) is 14.4 Å². The minimum atomic E-state index is -1.32. The Kier molecular flexibility index (Phi) is 4.41. The maximum atomic E-state index is 13.2. The third kappa shape index (κ3) is 2.71. The molecule has 2 saturated carbocycles. The third-order valence-electron chi connectivity index (χ3n) is 6.81. The predicted molar refractivity (Wildman–Crippen MR) is 101 cm³/mol. The molecule has 0 radical (unpaired) electrons. The Balaban J connectivity index is 1.76. The molecule has 2 aliphatic carbocycles. The highest BCUT2D eigenvalue weighted by molar-refractivity contribution is 5.95. The molecule has 1 N–H and O–H groups in total. The summed E-state index contributed by atoms with van der Waals surface area (Å²) in [6.07, 6.45) is 7.34. The molecular formula is C22H25NO4. The summed E-state index contributed by atoms with van der Waals surface area (Å²) >= 11 is 0. The van der Waals surface area contributed by atoms with Crippen molar-refractivity contribution in [2.45, 2.75) is 50.6 Å². The minimum absolute atomic E-state index is 0.0825. The largest absolute Gasteiger partial charge is 0.479 e. The SMILES string of the molecule is CC1(C(=O)O)C2CCC(=O)C2C(C=Cc2ccccc2)N1C(=O)C1CCC1. The molecule has 4 unspecified atom stereocenters. The van der Waals surface area contributed by atoms with Gasteiger partial charge in [0.2, 0.25) is 5.91 Å². The van der Waals surface area contributed by atoms with Gasteiger partial charge in [0.1, 0.15) is 11.3 Å². The molecule has 142 valence electrons. The van der Waals surface area contributed by atoms with E-state index in [1.165, 1.54) is 0 Å². The molecule has 1 saturated heterocycles. The number of aliphatic carboxylic acids is 1. The molecule has 1 aromatic carbocycles. The number of benzene rings is 1. The maximum absolute atomic E-state index is 13.2. The number of fused-ring (bicyclic) bond motifs is 1. The number of likely N-dealkylation sites (tertiary alicyclic amines) is 1. The number of hydrogen-bond donors (Lipinski definition) is 1. The van der Waals surface area contributed by atoms with E-state index in [1.54, 1.807) is 11.8 Å². The Morgan fingerprint density at radius 2 is 1.89 bits per heavy atom. The van der Waals surface area contributed by atoms with E-state index < -0.39 is 23.5 Å². The lowest BCUT2D eigenvalue weighted by molar-refractivity contribution is -0.161. The predicted octanol–water partition coefficient (Wildman–Crippen LogP) is 3.15. The second kappa shape index (κ2) is 6.63. The van der Waals surface area contributed by atoms with Crippen LogP contribution in [0.3, 0.4) is 0 Å². The van der Waals surface area contributed by atoms with E-state index in [1.807, 2.05) is 42.5 Å². The number of ketones is 1. The fraction of sp³-hybridized carbons (Fsp3) is 0.500. The normalized spacial score (nSPS) is 33.3. The van der Waals surface area contributed by atoms with Crippen molar-refractivity contribution < 1.29 is 19.5 Å². The lowest BCUT2D eigenvalue weighted by Crippen LogP contribution is -2.58. The average molecular weight is 367 g/mol. The molecule has 4 atom stereocenters. The Bertz CT molecular complexity index is 798. The molecule has 1 heterocycles. The molecule has 3 fully saturated rings. The first kappa shape index (κ1) is 18.0. The van der Waals surface area contributed by atoms with Gasteiger partial charge in [-0.05, 0) is 31.7 Å². The molecule has 1 amide bonds. The number of carboxylic acid groups (broad SMARTS) is 1. The first-order valence-electron chi connectivity index (χ1n) is 9.77. The number of hydrogen-bond acceptors (Lipinski definition) is 3. The molecule has 0 bridgehead atoms. The number of nitrogens with zero attached hydrogens (tertiary/aromatic N) is 1. The summed E-state index contributed by atoms with van der Waals surface area (Å²) in [6.45, 7) is 1.64. The molecule has 4 rings (SSSR count). The van der Waals surface area contributed by atoms with Gasteiger partial charge in [-0.25, -0.2) is 4.79 Å². The Labute approximate surface area is 159 Å². The van der Waals surface area contributed by atoms with E-state index in [0.29, 0.717) is 12.8 Å². The maximum Gasteiger partial charge on any atom is 0.329 e. The molecule has 1 aliphatic heterocycles. The van der Waals surface area contributed by atoms with Crippen molar-refractivity contribution in [3.8, 4) is 0 Å². The van der Waals surface area contributed by atoms with Crippen LogP contribution in [0, 0.1) is 17.8 Å². The second-order valence-corrected chi connectivity index (χ2v) is 8.19. The summed E-state index contributed by atoms with van der Waals surface area (Å²) < 4.78 is 0. The van der Waals surface area contributed by atoms with Crippen LogP contribution in [-0.4, -0.2) is 39.2 Å². The standard InChI is InChI=1S/C22H25NO4/c1-22(21(26)27)16-11-13-18(24)19(16)17(12-10-14-6-3-2-4-7-14)23(22)20(25)15-8-5-9-15/h2-4,6-7,10,12,15-17,19H,5,8-9,11,13H2,1H3,(H,26,27). The summed E-state index contributed by atoms with van der Waals surface area (Å²) in [5.74, 6) is -1.87. The van der Waals surface area contributed by atoms with E-state index >= 15 is 0 Å². The Morgan fingerprint density at radius 1 is 1.19 bits per heavy atom. The van der Waals surface area contributed by atoms with Gasteiger partial charge in [-0.3, -0.25) is 9.59 Å². The smallest absolute Gasteiger partial charge is 0.329 e. The topological polar surface area (TPSA) is 74.7 Å². The second-order valence-electron chi connectivity index (χ2n) is 8.19. The number of carbonyl (C=O) groups is 3. The summed E-state index contributed by atoms with van der Waals surface area (Å²) in [7, 11) is 0. The first-order valence-corrected chi connectivity index (χ1v) is 9.77. The van der Waals surface area contributed by atoms with Crippen LogP contribution in [0.5, 0.6) is 0 Å². The lowest BCUT2D eigenvalue weighted by atomic mass is 9.80. The number of carboxylic acids is 1. The van der Waals surface area contributed by atoms with Gasteiger partial charge in [0.05, 0.1) is 6.04 Å². The molecule has 0 aromatic heterocycles. The molecule has 0 spiro atoms. The van der Waals surface area contributed by atoms with E-state index in [2.05, 4.69) is 0 Å². The van der Waals surface area contributed by atoms with Gasteiger partial charge in [0.15, 0.2) is 0 Å². The number of amides is 1. The van der Waals surface area contributed by atoms with Gasteiger partial charge in [-0.2, -0.15) is 0 Å². The fourth-order valence-corrected chi connectivity index (χ4v) is 5.05. The summed E-state index contributed by atoms with van der Waals surface area (Å²) in [6, 6.07) is 9.20. The van der Waals surface area contributed by atoms with Crippen molar-refractivity contribution in [2.24, 2.45) is 17.8 Å². The zero-order valence-electron chi connectivity index (χ0n) is 15.5. The molecule has 27 heavy (non-hydrogen) atoms. The van der Waals surface area contributed by atoms with Crippen molar-refractivity contribution in [1.82, 2.24) is 4.90 Å². The first-order chi connectivity index (χ1) is 12.9. The van der Waals surface area contributed by atoms with Gasteiger partial charge >= 0.3 is 5.97 Å². The van der Waals surface area contributed by atoms with Crippen molar-refractivity contribution in [3.63, 3.8) is 0 Å². The fourth-order valence-electron chi connectivity index (χ4n) is 5.05. The van der Waals surface area contributed by atoms with Gasteiger partial charge in [-0.1, -0.05) is 48.9 Å². The van der Waals surface area contributed by atoms with Gasteiger partial charge in [0, 0.05) is 24.2 Å². The highest BCUT2D eigenvalue weighted by atomic mass is 16.4. The minimum Gasteiger partial charge on any atom is -0.479 e. The van der Waals surface area contributed by atoms with E-state index in [-0.39, 0.29) is 23.5 Å². The summed E-state index contributed by atoms with van der Waals surface area (Å²) in [5.41, 5.74) is -0.352. The number of Topliss-reactive ketones (excluding diaryl/α,β-unsaturated/α-hetero) is 1. The molecular weight excluding hydrogens is 342 g/mol. The Morgan fingerprint density at radius 3 is 2.48 bits per heavy atom. The summed E-state index contributed by atoms with van der Waals surface area (Å²) in [4.78, 5) is 39.7. The Hall–Kier alpha value is -2.43. The van der Waals surface area contributed by atoms with E-state index in [9.17, 15) is 19.5 Å². The van der Waals surface area contributed by atoms with Gasteiger partial charge < -0.3 is 10.0 Å². The van der Waals surface area contributed by atoms with E-state index in [0.717, 1.165) is 24.8 Å². The zero-order chi connectivity index (χ0) is 19.2. The number of rotatable bonds is 4. The van der Waals surface area contributed by atoms with Crippen molar-refractivity contribution >= 4 is 23.7 Å². The zero-order valence-corrected chi connectivity index (χ0v) is 15.5. The van der Waals surface area contributed by atoms with Crippen molar-refractivity contribution in [3.05, 3.63) is 42.0 Å². The van der Waals surface area contributed by atoms with Crippen LogP contribution >= 0.6 is 0 Å². The van der Waals surface area contributed by atoms with Crippen LogP contribution in [0.15, 0.2) is 36.4 Å². The monoisotopic (exact) mass is 367 g/mol. The van der Waals surface area contributed by atoms with Crippen molar-refractivity contribution in [2.75, 3.05) is 0 Å². The molecule has 3 aliphatic rings. The quantitative estimate of drug-likeness (QED) is 0.887. The van der Waals surface area contributed by atoms with Crippen LogP contribution in [0.4, 0.5) is 0 Å². The summed E-state index contributed by atoms with van der Waals surface area (Å²) in [5, 5.41) is 10.1. The van der Waals surface area contributed by atoms with Crippen LogP contribution in [0.1, 0.15) is 44.6 Å². The highest BCUT2D eigenvalue weighted by Gasteiger charge is 2.65. The third-order valence-corrected chi connectivity index (χ3v) is 6.81. The lowest BCUT2D eigenvalue weighted by Gasteiger charge is -2.41. The number of carbonyl (C=O) groups excluding carboxylic acids is 2. The van der Waals surface area contributed by atoms with Crippen molar-refractivity contribution in [1.29, 1.82) is 0 Å². The van der Waals surface area contributed by atoms with Crippen LogP contribution < -0.4 is 0 Å². The molecule has 5 nitrogen and oxygen atoms in total. The van der Waals surface area contributed by atoms with Gasteiger partial charge in [-0.15, -0.1) is 0 Å². The van der Waals surface area contributed by atoms with Crippen LogP contribution in [0.2, 0.25) is 0 Å². The van der Waals surface area contributed by atoms with Gasteiger partial charge in [0.25, 0.3) is 0 Å². The van der Waals surface area contributed by atoms with Crippen LogP contribution in [0.25, 0.3) is 6.08 Å². The highest BCUT2D eigenvalue weighted by Crippen LogP contribution is 2.52. The van der Waals surface area contributed by atoms with E-state index in [4.69, 9.17) is 0 Å². The average Bonchev–Trinajstić information content (AvgIpc) is 3.10. The molecule has 1 aromatic rings. The molecule has 5 heteroatoms.